The van der Waals surface area contributed by atoms with Gasteiger partial charge in [0.05, 0.1) is 11.5 Å². The molecule has 1 heterocycles. The third-order valence-corrected chi connectivity index (χ3v) is 5.65. The summed E-state index contributed by atoms with van der Waals surface area (Å²) in [6.45, 7) is 1.99. The van der Waals surface area contributed by atoms with E-state index < -0.39 is 21.5 Å². The van der Waals surface area contributed by atoms with Crippen molar-refractivity contribution < 1.29 is 17.2 Å². The maximum atomic E-state index is 13.1. The van der Waals surface area contributed by atoms with Gasteiger partial charge in [-0.3, -0.25) is 0 Å². The number of rotatable bonds is 5. The van der Waals surface area contributed by atoms with E-state index in [0.29, 0.717) is 12.8 Å². The average molecular weight is 317 g/mol. The van der Waals surface area contributed by atoms with Crippen LogP contribution < -0.4 is 5.32 Å². The van der Waals surface area contributed by atoms with Gasteiger partial charge in [0, 0.05) is 12.1 Å². The molecule has 0 spiro atoms. The summed E-state index contributed by atoms with van der Waals surface area (Å²) in [7, 11) is -2.91. The molecular weight excluding hydrogens is 296 g/mol. The van der Waals surface area contributed by atoms with E-state index in [1.165, 1.54) is 6.07 Å². The summed E-state index contributed by atoms with van der Waals surface area (Å²) in [4.78, 5) is 0. The molecule has 21 heavy (non-hydrogen) atoms. The Kier molecular flexibility index (Phi) is 5.32. The molecule has 1 aromatic carbocycles. The van der Waals surface area contributed by atoms with E-state index in [9.17, 15) is 17.2 Å². The molecule has 0 radical (unpaired) electrons. The summed E-state index contributed by atoms with van der Waals surface area (Å²) < 4.78 is 49.1. The molecule has 0 aliphatic carbocycles. The fourth-order valence-electron chi connectivity index (χ4n) is 2.72. The molecular formula is C15H21F2NO2S. The van der Waals surface area contributed by atoms with Crippen molar-refractivity contribution in [2.45, 2.75) is 44.7 Å². The lowest BCUT2D eigenvalue weighted by atomic mass is 10.0. The summed E-state index contributed by atoms with van der Waals surface area (Å²) in [5, 5.41) is 3.32. The van der Waals surface area contributed by atoms with Gasteiger partial charge in [-0.05, 0) is 50.3 Å². The van der Waals surface area contributed by atoms with Crippen LogP contribution >= 0.6 is 0 Å². The zero-order valence-electron chi connectivity index (χ0n) is 12.1. The summed E-state index contributed by atoms with van der Waals surface area (Å²) in [5.74, 6) is -1.18. The Balaban J connectivity index is 1.81. The van der Waals surface area contributed by atoms with Crippen molar-refractivity contribution in [2.24, 2.45) is 0 Å². The molecule has 1 N–H and O–H groups in total. The minimum absolute atomic E-state index is 0.00343. The lowest BCUT2D eigenvalue weighted by molar-refractivity contribution is 0.415. The maximum Gasteiger partial charge on any atom is 0.159 e. The van der Waals surface area contributed by atoms with Gasteiger partial charge in [-0.25, -0.2) is 17.2 Å². The number of hydrogen-bond donors (Lipinski definition) is 1. The molecule has 2 rings (SSSR count). The van der Waals surface area contributed by atoms with Gasteiger partial charge in [-0.2, -0.15) is 0 Å². The quantitative estimate of drug-likeness (QED) is 0.907. The Hall–Kier alpha value is -1.01. The molecule has 1 fully saturated rings. The highest BCUT2D eigenvalue weighted by Crippen LogP contribution is 2.15. The minimum atomic E-state index is -2.91. The van der Waals surface area contributed by atoms with Gasteiger partial charge in [0.15, 0.2) is 21.5 Å². The van der Waals surface area contributed by atoms with E-state index in [1.54, 1.807) is 6.07 Å². The predicted molar refractivity (Wildman–Crippen MR) is 79.0 cm³/mol. The minimum Gasteiger partial charge on any atom is -0.310 e. The number of halogens is 2. The van der Waals surface area contributed by atoms with E-state index in [-0.39, 0.29) is 23.6 Å². The van der Waals surface area contributed by atoms with E-state index in [1.807, 2.05) is 6.92 Å². The van der Waals surface area contributed by atoms with Crippen LogP contribution in [-0.2, 0) is 16.3 Å². The van der Waals surface area contributed by atoms with Crippen molar-refractivity contribution in [2.75, 3.05) is 11.5 Å². The van der Waals surface area contributed by atoms with Gasteiger partial charge in [-0.1, -0.05) is 6.07 Å². The topological polar surface area (TPSA) is 46.2 Å². The van der Waals surface area contributed by atoms with E-state index in [2.05, 4.69) is 5.32 Å². The predicted octanol–water partition coefficient (Wildman–Crippen LogP) is 2.45. The van der Waals surface area contributed by atoms with Crippen molar-refractivity contribution >= 4 is 9.84 Å². The Morgan fingerprint density at radius 2 is 2.10 bits per heavy atom. The largest absolute Gasteiger partial charge is 0.310 e. The first-order chi connectivity index (χ1) is 9.85. The van der Waals surface area contributed by atoms with Crippen LogP contribution in [0.25, 0.3) is 0 Å². The highest BCUT2D eigenvalue weighted by molar-refractivity contribution is 7.91. The van der Waals surface area contributed by atoms with E-state index >= 15 is 0 Å². The van der Waals surface area contributed by atoms with Gasteiger partial charge in [0.1, 0.15) is 0 Å². The van der Waals surface area contributed by atoms with Gasteiger partial charge < -0.3 is 5.32 Å². The van der Waals surface area contributed by atoms with E-state index in [0.717, 1.165) is 24.5 Å². The first-order valence-corrected chi connectivity index (χ1v) is 9.08. The molecule has 0 saturated carbocycles. The molecule has 0 amide bonds. The van der Waals surface area contributed by atoms with Gasteiger partial charge >= 0.3 is 0 Å². The number of aryl methyl sites for hydroxylation is 1. The van der Waals surface area contributed by atoms with E-state index in [4.69, 9.17) is 0 Å². The molecule has 1 saturated heterocycles. The Morgan fingerprint density at radius 3 is 2.76 bits per heavy atom. The second-order valence-electron chi connectivity index (χ2n) is 5.81. The SMILES string of the molecule is C[C@@H](CCc1ccc(F)c(F)c1)N[C@@H]1CCCS(=O)(=O)C1. The van der Waals surface area contributed by atoms with Crippen LogP contribution in [0.2, 0.25) is 0 Å². The van der Waals surface area contributed by atoms with Crippen LogP contribution in [0.4, 0.5) is 8.78 Å². The Bertz CT molecular complexity index is 589. The molecule has 0 bridgehead atoms. The highest BCUT2D eigenvalue weighted by Gasteiger charge is 2.25. The molecule has 3 nitrogen and oxygen atoms in total. The average Bonchev–Trinajstić information content (AvgIpc) is 2.39. The second kappa shape index (κ2) is 6.83. The summed E-state index contributed by atoms with van der Waals surface area (Å²) in [6.07, 6.45) is 2.96. The monoisotopic (exact) mass is 317 g/mol. The van der Waals surface area contributed by atoms with Crippen LogP contribution in [0.5, 0.6) is 0 Å². The number of sulfone groups is 1. The van der Waals surface area contributed by atoms with Crippen molar-refractivity contribution in [1.29, 1.82) is 0 Å². The number of nitrogens with one attached hydrogen (secondary N) is 1. The normalized spacial score (nSPS) is 22.9. The smallest absolute Gasteiger partial charge is 0.159 e. The van der Waals surface area contributed by atoms with Gasteiger partial charge in [-0.15, -0.1) is 0 Å². The first kappa shape index (κ1) is 16.4. The standard InChI is InChI=1S/C15H21F2NO2S/c1-11(18-13-3-2-8-21(19,20)10-13)4-5-12-6-7-14(16)15(17)9-12/h6-7,9,11,13,18H,2-5,8,10H2,1H3/t11-,13+/m0/s1. The molecule has 1 aliphatic rings. The van der Waals surface area contributed by atoms with Crippen molar-refractivity contribution in [1.82, 2.24) is 5.32 Å². The molecule has 6 heteroatoms. The van der Waals surface area contributed by atoms with Crippen molar-refractivity contribution in [3.63, 3.8) is 0 Å². The van der Waals surface area contributed by atoms with Crippen LogP contribution in [0.3, 0.4) is 0 Å². The lowest BCUT2D eigenvalue weighted by Gasteiger charge is -2.26. The lowest BCUT2D eigenvalue weighted by Crippen LogP contribution is -2.44. The Morgan fingerprint density at radius 1 is 1.33 bits per heavy atom. The number of benzene rings is 1. The fraction of sp³-hybridized carbons (Fsp3) is 0.600. The molecule has 118 valence electrons. The molecule has 0 aromatic heterocycles. The van der Waals surface area contributed by atoms with Crippen molar-refractivity contribution in [3.05, 3.63) is 35.4 Å². The number of hydrogen-bond acceptors (Lipinski definition) is 3. The van der Waals surface area contributed by atoms with Gasteiger partial charge in [0.25, 0.3) is 0 Å². The van der Waals surface area contributed by atoms with Crippen LogP contribution in [-0.4, -0.2) is 32.0 Å². The maximum absolute atomic E-state index is 13.1. The summed E-state index contributed by atoms with van der Waals surface area (Å²) in [5.41, 5.74) is 0.749. The molecule has 1 aliphatic heterocycles. The zero-order valence-corrected chi connectivity index (χ0v) is 12.9. The second-order valence-corrected chi connectivity index (χ2v) is 8.04. The first-order valence-electron chi connectivity index (χ1n) is 7.26. The fourth-order valence-corrected chi connectivity index (χ4v) is 4.37. The van der Waals surface area contributed by atoms with Gasteiger partial charge in [0.2, 0.25) is 0 Å². The molecule has 1 aromatic rings. The molecule has 2 atom stereocenters. The summed E-state index contributed by atoms with van der Waals surface area (Å²) in [6, 6.07) is 4.07. The zero-order chi connectivity index (χ0) is 15.5. The Labute approximate surface area is 124 Å². The van der Waals surface area contributed by atoms with Crippen LogP contribution in [0, 0.1) is 11.6 Å². The highest BCUT2D eigenvalue weighted by atomic mass is 32.2. The van der Waals surface area contributed by atoms with Crippen molar-refractivity contribution in [3.8, 4) is 0 Å². The third kappa shape index (κ3) is 5.04. The van der Waals surface area contributed by atoms with Crippen LogP contribution in [0.15, 0.2) is 18.2 Å². The summed E-state index contributed by atoms with van der Waals surface area (Å²) >= 11 is 0. The third-order valence-electron chi connectivity index (χ3n) is 3.83. The van der Waals surface area contributed by atoms with Crippen LogP contribution in [0.1, 0.15) is 31.7 Å². The molecule has 0 unspecified atom stereocenters.